The van der Waals surface area contributed by atoms with Gasteiger partial charge in [0.15, 0.2) is 0 Å². The van der Waals surface area contributed by atoms with Crippen LogP contribution in [0.4, 0.5) is 27.9 Å². The van der Waals surface area contributed by atoms with Gasteiger partial charge in [-0.3, -0.25) is 10.1 Å². The summed E-state index contributed by atoms with van der Waals surface area (Å²) >= 11 is 0. The van der Waals surface area contributed by atoms with Crippen molar-refractivity contribution in [1.29, 1.82) is 0 Å². The Morgan fingerprint density at radius 3 is 2.65 bits per heavy atom. The van der Waals surface area contributed by atoms with E-state index in [0.717, 1.165) is 31.5 Å². The summed E-state index contributed by atoms with van der Waals surface area (Å²) in [6.45, 7) is 2.19. The smallest absolute Gasteiger partial charge is 0.319 e. The molecule has 0 atom stereocenters. The number of anilines is 3. The van der Waals surface area contributed by atoms with E-state index in [1.165, 1.54) is 6.07 Å². The molecule has 0 spiro atoms. The topological polar surface area (TPSA) is 125 Å². The predicted molar refractivity (Wildman–Crippen MR) is 121 cm³/mol. The molecule has 0 saturated heterocycles. The van der Waals surface area contributed by atoms with E-state index in [-0.39, 0.29) is 11.7 Å². The highest BCUT2D eigenvalue weighted by molar-refractivity contribution is 5.90. The van der Waals surface area contributed by atoms with Crippen molar-refractivity contribution >= 4 is 29.2 Å². The maximum Gasteiger partial charge on any atom is 0.319 e. The van der Waals surface area contributed by atoms with Crippen molar-refractivity contribution in [1.82, 2.24) is 15.3 Å². The van der Waals surface area contributed by atoms with Crippen LogP contribution in [-0.2, 0) is 0 Å². The molecule has 2 amide bonds. The van der Waals surface area contributed by atoms with E-state index in [9.17, 15) is 14.9 Å². The molecule has 166 valence electrons. The number of nitro groups is 1. The molecule has 1 aliphatic rings. The van der Waals surface area contributed by atoms with Crippen molar-refractivity contribution in [3.05, 3.63) is 46.1 Å². The summed E-state index contributed by atoms with van der Waals surface area (Å²) in [5.74, 6) is 1.89. The number of hydrogen-bond donors (Lipinski definition) is 3. The molecule has 0 bridgehead atoms. The van der Waals surface area contributed by atoms with Gasteiger partial charge in [-0.1, -0.05) is 6.07 Å². The molecule has 31 heavy (non-hydrogen) atoms. The first-order valence-electron chi connectivity index (χ1n) is 10.4. The van der Waals surface area contributed by atoms with Gasteiger partial charge < -0.3 is 20.9 Å². The van der Waals surface area contributed by atoms with Crippen LogP contribution in [0.15, 0.2) is 30.5 Å². The molecule has 1 aliphatic carbocycles. The summed E-state index contributed by atoms with van der Waals surface area (Å²) in [5, 5.41) is 20.1. The van der Waals surface area contributed by atoms with Crippen LogP contribution in [0.3, 0.4) is 0 Å². The molecule has 0 unspecified atom stereocenters. The standard InChI is InChI=1S/C21H29N7O3/c1-14-17(5-4-6-18(14)28(30)31)25-21(29)23-13-15-7-9-16(10-8-15)24-20-22-12-11-19(26-20)27(2)3/h4-6,11-12,15-16H,7-10,13H2,1-3H3,(H,22,24,26)(H2,23,25,29). The van der Waals surface area contributed by atoms with Crippen LogP contribution in [0, 0.1) is 23.0 Å². The van der Waals surface area contributed by atoms with Gasteiger partial charge in [0.1, 0.15) is 5.82 Å². The number of nitro benzene ring substituents is 1. The lowest BCUT2D eigenvalue weighted by atomic mass is 9.86. The molecule has 1 aromatic heterocycles. The highest BCUT2D eigenvalue weighted by Gasteiger charge is 2.22. The number of urea groups is 1. The first-order valence-corrected chi connectivity index (χ1v) is 10.4. The highest BCUT2D eigenvalue weighted by atomic mass is 16.6. The van der Waals surface area contributed by atoms with Crippen molar-refractivity contribution in [3.63, 3.8) is 0 Å². The highest BCUT2D eigenvalue weighted by Crippen LogP contribution is 2.27. The Balaban J connectivity index is 1.43. The molecule has 1 fully saturated rings. The first kappa shape index (κ1) is 22.3. The van der Waals surface area contributed by atoms with Crippen molar-refractivity contribution in [2.24, 2.45) is 5.92 Å². The average Bonchev–Trinajstić information content (AvgIpc) is 2.74. The van der Waals surface area contributed by atoms with E-state index in [2.05, 4.69) is 25.9 Å². The molecule has 1 aromatic carbocycles. The van der Waals surface area contributed by atoms with E-state index in [4.69, 9.17) is 0 Å². The van der Waals surface area contributed by atoms with Gasteiger partial charge in [-0.15, -0.1) is 0 Å². The minimum Gasteiger partial charge on any atom is -0.363 e. The molecule has 3 rings (SSSR count). The predicted octanol–water partition coefficient (Wildman–Crippen LogP) is 3.55. The number of nitrogens with one attached hydrogen (secondary N) is 3. The van der Waals surface area contributed by atoms with Crippen molar-refractivity contribution in [2.75, 3.05) is 36.2 Å². The second kappa shape index (κ2) is 10.1. The lowest BCUT2D eigenvalue weighted by Crippen LogP contribution is -2.36. The van der Waals surface area contributed by atoms with Crippen LogP contribution in [-0.4, -0.2) is 47.6 Å². The monoisotopic (exact) mass is 427 g/mol. The summed E-state index contributed by atoms with van der Waals surface area (Å²) in [7, 11) is 3.89. The lowest BCUT2D eigenvalue weighted by Gasteiger charge is -2.29. The molecule has 1 heterocycles. The van der Waals surface area contributed by atoms with E-state index in [1.54, 1.807) is 25.3 Å². The Morgan fingerprint density at radius 2 is 1.97 bits per heavy atom. The van der Waals surface area contributed by atoms with Gasteiger partial charge in [-0.25, -0.2) is 9.78 Å². The Hall–Kier alpha value is -3.43. The number of nitrogens with zero attached hydrogens (tertiary/aromatic N) is 4. The Bertz CT molecular complexity index is 927. The van der Waals surface area contributed by atoms with Gasteiger partial charge in [0.2, 0.25) is 5.95 Å². The van der Waals surface area contributed by atoms with E-state index >= 15 is 0 Å². The average molecular weight is 428 g/mol. The van der Waals surface area contributed by atoms with Crippen molar-refractivity contribution in [2.45, 2.75) is 38.6 Å². The van der Waals surface area contributed by atoms with Gasteiger partial charge in [0, 0.05) is 38.9 Å². The zero-order valence-electron chi connectivity index (χ0n) is 18.1. The maximum absolute atomic E-state index is 12.3. The van der Waals surface area contributed by atoms with Gasteiger partial charge in [-0.05, 0) is 50.7 Å². The molecular weight excluding hydrogens is 398 g/mol. The van der Waals surface area contributed by atoms with Gasteiger partial charge in [0.25, 0.3) is 5.69 Å². The Morgan fingerprint density at radius 1 is 1.23 bits per heavy atom. The van der Waals surface area contributed by atoms with E-state index in [0.29, 0.717) is 35.7 Å². The third-order valence-corrected chi connectivity index (χ3v) is 5.58. The van der Waals surface area contributed by atoms with Gasteiger partial charge >= 0.3 is 6.03 Å². The summed E-state index contributed by atoms with van der Waals surface area (Å²) < 4.78 is 0. The lowest BCUT2D eigenvalue weighted by molar-refractivity contribution is -0.385. The van der Waals surface area contributed by atoms with Crippen LogP contribution in [0.2, 0.25) is 0 Å². The minimum atomic E-state index is -0.452. The fourth-order valence-electron chi connectivity index (χ4n) is 3.72. The number of benzene rings is 1. The summed E-state index contributed by atoms with van der Waals surface area (Å²) in [6.07, 6.45) is 5.69. The zero-order chi connectivity index (χ0) is 22.4. The number of carbonyl (C=O) groups excluding carboxylic acids is 1. The second-order valence-electron chi connectivity index (χ2n) is 8.04. The quantitative estimate of drug-likeness (QED) is 0.456. The van der Waals surface area contributed by atoms with Gasteiger partial charge in [-0.2, -0.15) is 4.98 Å². The molecule has 10 heteroatoms. The van der Waals surface area contributed by atoms with Crippen molar-refractivity contribution in [3.8, 4) is 0 Å². The fourth-order valence-corrected chi connectivity index (χ4v) is 3.72. The zero-order valence-corrected chi connectivity index (χ0v) is 18.1. The fraction of sp³-hybridized carbons (Fsp3) is 0.476. The van der Waals surface area contributed by atoms with Crippen LogP contribution in [0.25, 0.3) is 0 Å². The Kier molecular flexibility index (Phi) is 7.22. The second-order valence-corrected chi connectivity index (χ2v) is 8.04. The molecule has 2 aromatic rings. The van der Waals surface area contributed by atoms with Crippen LogP contribution in [0.1, 0.15) is 31.2 Å². The number of rotatable bonds is 7. The minimum absolute atomic E-state index is 0.0104. The van der Waals surface area contributed by atoms with E-state index < -0.39 is 4.92 Å². The summed E-state index contributed by atoms with van der Waals surface area (Å²) in [5.41, 5.74) is 0.873. The largest absolute Gasteiger partial charge is 0.363 e. The first-order chi connectivity index (χ1) is 14.8. The van der Waals surface area contributed by atoms with Gasteiger partial charge in [0.05, 0.1) is 16.2 Å². The number of aromatic nitrogens is 2. The summed E-state index contributed by atoms with van der Waals surface area (Å²) in [6, 6.07) is 6.48. The molecule has 1 saturated carbocycles. The molecular formula is C21H29N7O3. The number of amides is 2. The van der Waals surface area contributed by atoms with Crippen LogP contribution < -0.4 is 20.9 Å². The molecule has 0 aliphatic heterocycles. The molecule has 3 N–H and O–H groups in total. The third kappa shape index (κ3) is 6.03. The number of carbonyl (C=O) groups is 1. The van der Waals surface area contributed by atoms with E-state index in [1.807, 2.05) is 25.1 Å². The maximum atomic E-state index is 12.3. The number of hydrogen-bond acceptors (Lipinski definition) is 7. The Labute approximate surface area is 181 Å². The summed E-state index contributed by atoms with van der Waals surface area (Å²) in [4.78, 5) is 33.6. The van der Waals surface area contributed by atoms with Crippen LogP contribution in [0.5, 0.6) is 0 Å². The SMILES string of the molecule is Cc1c(NC(=O)NCC2CCC(Nc3nccc(N(C)C)n3)CC2)cccc1[N+](=O)[O-]. The molecule has 0 radical (unpaired) electrons. The van der Waals surface area contributed by atoms with Crippen molar-refractivity contribution < 1.29 is 9.72 Å². The third-order valence-electron chi connectivity index (χ3n) is 5.58. The normalized spacial score (nSPS) is 18.2. The van der Waals surface area contributed by atoms with Crippen LogP contribution >= 0.6 is 0 Å². The molecule has 10 nitrogen and oxygen atoms in total.